The maximum atomic E-state index is 13.7. The molecule has 0 saturated heterocycles. The number of hydrogen-bond acceptors (Lipinski definition) is 4. The van der Waals surface area contributed by atoms with E-state index in [1.54, 1.807) is 28.6 Å². The highest BCUT2D eigenvalue weighted by atomic mass is 32.2. The lowest BCUT2D eigenvalue weighted by Gasteiger charge is -2.23. The van der Waals surface area contributed by atoms with Gasteiger partial charge >= 0.3 is 5.97 Å². The van der Waals surface area contributed by atoms with Crippen LogP contribution in [0, 0.1) is 0 Å². The fourth-order valence-corrected chi connectivity index (χ4v) is 5.57. The van der Waals surface area contributed by atoms with Crippen molar-refractivity contribution in [2.24, 2.45) is 0 Å². The maximum Gasteiger partial charge on any atom is 0.347 e. The van der Waals surface area contributed by atoms with E-state index in [2.05, 4.69) is 0 Å². The van der Waals surface area contributed by atoms with Gasteiger partial charge in [-0.05, 0) is 72.9 Å². The standard InChI is InChI=1S/C30H31NO5S/c1-30(2,29(32)33)36-27-17-14-23(15-18-27)11-8-20-31(22-24-9-4-3-5-10-24)37(34,35)28-19-16-25-12-6-7-13-26(25)21-28/h3-7,9-10,12-19,21H,8,11,20,22H2,1-2H3,(H,32,33). The number of carboxylic acids is 1. The van der Waals surface area contributed by atoms with Gasteiger partial charge in [0.1, 0.15) is 5.75 Å². The number of fused-ring (bicyclic) bond motifs is 1. The molecule has 0 aliphatic rings. The zero-order chi connectivity index (χ0) is 26.5. The normalized spacial score (nSPS) is 12.1. The fourth-order valence-electron chi connectivity index (χ4n) is 4.07. The predicted octanol–water partition coefficient (Wildman–Crippen LogP) is 5.91. The Bertz CT molecular complexity index is 1470. The van der Waals surface area contributed by atoms with E-state index in [0.29, 0.717) is 25.1 Å². The van der Waals surface area contributed by atoms with E-state index in [-0.39, 0.29) is 11.4 Å². The Hall–Kier alpha value is -3.68. The van der Waals surface area contributed by atoms with Gasteiger partial charge in [-0.15, -0.1) is 0 Å². The number of carboxylic acid groups (broad SMARTS) is 1. The molecule has 4 aromatic carbocycles. The predicted molar refractivity (Wildman–Crippen MR) is 145 cm³/mol. The zero-order valence-electron chi connectivity index (χ0n) is 21.0. The number of nitrogens with zero attached hydrogens (tertiary/aromatic N) is 1. The molecule has 37 heavy (non-hydrogen) atoms. The summed E-state index contributed by atoms with van der Waals surface area (Å²) in [6.45, 7) is 3.64. The van der Waals surface area contributed by atoms with Gasteiger partial charge in [0, 0.05) is 13.1 Å². The van der Waals surface area contributed by atoms with Crippen LogP contribution in [-0.2, 0) is 27.8 Å². The minimum Gasteiger partial charge on any atom is -0.478 e. The monoisotopic (exact) mass is 517 g/mol. The first-order valence-corrected chi connectivity index (χ1v) is 13.6. The average molecular weight is 518 g/mol. The zero-order valence-corrected chi connectivity index (χ0v) is 21.8. The van der Waals surface area contributed by atoms with Crippen molar-refractivity contribution in [1.29, 1.82) is 0 Å². The second kappa shape index (κ2) is 11.2. The average Bonchev–Trinajstić information content (AvgIpc) is 2.89. The topological polar surface area (TPSA) is 83.9 Å². The molecule has 0 radical (unpaired) electrons. The van der Waals surface area contributed by atoms with Crippen molar-refractivity contribution in [3.8, 4) is 5.75 Å². The summed E-state index contributed by atoms with van der Waals surface area (Å²) in [5.74, 6) is -0.566. The first-order valence-electron chi connectivity index (χ1n) is 12.2. The molecule has 4 aromatic rings. The van der Waals surface area contributed by atoms with Crippen LogP contribution < -0.4 is 4.74 Å². The summed E-state index contributed by atoms with van der Waals surface area (Å²) < 4.78 is 34.5. The Kier molecular flexibility index (Phi) is 7.95. The molecule has 0 bridgehead atoms. The molecule has 0 spiro atoms. The number of aliphatic carboxylic acids is 1. The van der Waals surface area contributed by atoms with Crippen molar-refractivity contribution in [2.75, 3.05) is 6.54 Å². The van der Waals surface area contributed by atoms with Gasteiger partial charge in [-0.1, -0.05) is 72.8 Å². The third-order valence-electron chi connectivity index (χ3n) is 6.24. The summed E-state index contributed by atoms with van der Waals surface area (Å²) in [4.78, 5) is 11.6. The van der Waals surface area contributed by atoms with Crippen molar-refractivity contribution in [1.82, 2.24) is 4.31 Å². The van der Waals surface area contributed by atoms with E-state index in [1.165, 1.54) is 13.8 Å². The number of aryl methyl sites for hydroxylation is 1. The van der Waals surface area contributed by atoms with Gasteiger partial charge < -0.3 is 9.84 Å². The van der Waals surface area contributed by atoms with E-state index in [4.69, 9.17) is 4.74 Å². The van der Waals surface area contributed by atoms with E-state index in [9.17, 15) is 18.3 Å². The molecule has 0 saturated carbocycles. The van der Waals surface area contributed by atoms with E-state index in [1.807, 2.05) is 72.8 Å². The van der Waals surface area contributed by atoms with Gasteiger partial charge in [-0.2, -0.15) is 4.31 Å². The molecule has 0 aliphatic heterocycles. The SMILES string of the molecule is CC(C)(Oc1ccc(CCCN(Cc2ccccc2)S(=O)(=O)c2ccc3ccccc3c2)cc1)C(=O)O. The largest absolute Gasteiger partial charge is 0.478 e. The number of rotatable bonds is 11. The first kappa shape index (κ1) is 26.4. The number of carbonyl (C=O) groups is 1. The summed E-state index contributed by atoms with van der Waals surface area (Å²) in [5, 5.41) is 11.1. The number of sulfonamides is 1. The number of hydrogen-bond donors (Lipinski definition) is 1. The number of benzene rings is 4. The lowest BCUT2D eigenvalue weighted by molar-refractivity contribution is -0.152. The van der Waals surface area contributed by atoms with E-state index in [0.717, 1.165) is 21.9 Å². The van der Waals surface area contributed by atoms with Crippen molar-refractivity contribution in [3.05, 3.63) is 108 Å². The highest BCUT2D eigenvalue weighted by Crippen LogP contribution is 2.24. The van der Waals surface area contributed by atoms with Gasteiger partial charge in [0.15, 0.2) is 5.60 Å². The van der Waals surface area contributed by atoms with Crippen LogP contribution in [0.25, 0.3) is 10.8 Å². The smallest absolute Gasteiger partial charge is 0.347 e. The lowest BCUT2D eigenvalue weighted by Crippen LogP contribution is -2.37. The van der Waals surface area contributed by atoms with Crippen LogP contribution in [0.5, 0.6) is 5.75 Å². The second-order valence-corrected chi connectivity index (χ2v) is 11.4. The molecule has 0 amide bonds. The summed E-state index contributed by atoms with van der Waals surface area (Å²) in [6, 6.07) is 29.8. The van der Waals surface area contributed by atoms with Gasteiger partial charge in [-0.3, -0.25) is 0 Å². The van der Waals surface area contributed by atoms with Crippen molar-refractivity contribution < 1.29 is 23.1 Å². The first-order chi connectivity index (χ1) is 17.6. The molecule has 1 N–H and O–H groups in total. The van der Waals surface area contributed by atoms with Gasteiger partial charge in [0.05, 0.1) is 4.90 Å². The minimum atomic E-state index is -3.72. The molecule has 192 valence electrons. The molecule has 7 heteroatoms. The van der Waals surface area contributed by atoms with Crippen molar-refractivity contribution >= 4 is 26.8 Å². The van der Waals surface area contributed by atoms with Crippen LogP contribution in [0.4, 0.5) is 0 Å². The van der Waals surface area contributed by atoms with Crippen LogP contribution in [0.15, 0.2) is 102 Å². The van der Waals surface area contributed by atoms with E-state index >= 15 is 0 Å². The van der Waals surface area contributed by atoms with Gasteiger partial charge in [0.2, 0.25) is 10.0 Å². The summed E-state index contributed by atoms with van der Waals surface area (Å²) in [6.07, 6.45) is 1.29. The van der Waals surface area contributed by atoms with Crippen LogP contribution in [0.2, 0.25) is 0 Å². The van der Waals surface area contributed by atoms with Crippen LogP contribution in [-0.4, -0.2) is 35.9 Å². The van der Waals surface area contributed by atoms with Crippen molar-refractivity contribution in [2.45, 2.75) is 43.7 Å². The Morgan fingerprint density at radius 3 is 2.16 bits per heavy atom. The third-order valence-corrected chi connectivity index (χ3v) is 8.09. The van der Waals surface area contributed by atoms with Crippen LogP contribution >= 0.6 is 0 Å². The molecule has 0 aliphatic carbocycles. The molecule has 4 rings (SSSR count). The Morgan fingerprint density at radius 2 is 1.49 bits per heavy atom. The van der Waals surface area contributed by atoms with Crippen LogP contribution in [0.1, 0.15) is 31.4 Å². The molecule has 0 fully saturated rings. The molecular formula is C30H31NO5S. The molecule has 6 nitrogen and oxygen atoms in total. The molecule has 0 aromatic heterocycles. The van der Waals surface area contributed by atoms with E-state index < -0.39 is 21.6 Å². The van der Waals surface area contributed by atoms with Crippen LogP contribution in [0.3, 0.4) is 0 Å². The molecule has 0 atom stereocenters. The molecule has 0 unspecified atom stereocenters. The Morgan fingerprint density at radius 1 is 0.838 bits per heavy atom. The Labute approximate surface area is 218 Å². The van der Waals surface area contributed by atoms with Gasteiger partial charge in [-0.25, -0.2) is 13.2 Å². The Balaban J connectivity index is 1.49. The number of ether oxygens (including phenoxy) is 1. The summed E-state index contributed by atoms with van der Waals surface area (Å²) in [7, 11) is -3.72. The second-order valence-electron chi connectivity index (χ2n) is 9.50. The fraction of sp³-hybridized carbons (Fsp3) is 0.233. The molecule has 0 heterocycles. The molecular weight excluding hydrogens is 486 g/mol. The lowest BCUT2D eigenvalue weighted by atomic mass is 10.1. The maximum absolute atomic E-state index is 13.7. The quantitative estimate of drug-likeness (QED) is 0.268. The summed E-state index contributed by atoms with van der Waals surface area (Å²) in [5.41, 5.74) is 0.619. The highest BCUT2D eigenvalue weighted by molar-refractivity contribution is 7.89. The third kappa shape index (κ3) is 6.56. The van der Waals surface area contributed by atoms with Crippen molar-refractivity contribution in [3.63, 3.8) is 0 Å². The summed E-state index contributed by atoms with van der Waals surface area (Å²) >= 11 is 0. The minimum absolute atomic E-state index is 0.282. The highest BCUT2D eigenvalue weighted by Gasteiger charge is 2.29. The van der Waals surface area contributed by atoms with Gasteiger partial charge in [0.25, 0.3) is 0 Å².